The first-order valence-corrected chi connectivity index (χ1v) is 25.2. The number of aromatic nitrogens is 6. The van der Waals surface area contributed by atoms with E-state index in [4.69, 9.17) is 4.74 Å². The number of nitro groups is 4. The van der Waals surface area contributed by atoms with Crippen LogP contribution in [0.1, 0.15) is 51.7 Å². The van der Waals surface area contributed by atoms with E-state index >= 15 is 0 Å². The molecule has 3 aromatic heterocycles. The average molecular weight is 1130 g/mol. The quantitative estimate of drug-likeness (QED) is 0.0292. The Balaban J connectivity index is 0.000000175. The summed E-state index contributed by atoms with van der Waals surface area (Å²) in [7, 11) is 0. The van der Waals surface area contributed by atoms with Gasteiger partial charge in [-0.2, -0.15) is 0 Å². The van der Waals surface area contributed by atoms with E-state index in [1.807, 2.05) is 84.0 Å². The minimum absolute atomic E-state index is 0.0513. The van der Waals surface area contributed by atoms with E-state index in [9.17, 15) is 50.7 Å². The molecule has 3 heterocycles. The van der Waals surface area contributed by atoms with Crippen LogP contribution in [0.4, 0.5) is 51.2 Å². The summed E-state index contributed by atoms with van der Waals surface area (Å²) in [4.78, 5) is 40.9. The number of nitro benzene ring substituents is 3. The lowest BCUT2D eigenvalue weighted by atomic mass is 9.93. The van der Waals surface area contributed by atoms with Gasteiger partial charge in [0.15, 0.2) is 16.6 Å². The lowest BCUT2D eigenvalue weighted by Crippen LogP contribution is -1.96. The van der Waals surface area contributed by atoms with E-state index in [0.717, 1.165) is 28.8 Å². The van der Waals surface area contributed by atoms with E-state index < -0.39 is 19.7 Å². The van der Waals surface area contributed by atoms with E-state index in [0.29, 0.717) is 40.6 Å². The van der Waals surface area contributed by atoms with Gasteiger partial charge in [0.2, 0.25) is 22.8 Å². The Morgan fingerprint density at radius 3 is 1.41 bits per heavy atom. The number of non-ortho nitro benzene ring substituents is 3. The molecule has 0 amide bonds. The molecule has 1 atom stereocenters. The molecule has 0 radical (unpaired) electrons. The Morgan fingerprint density at radius 1 is 0.542 bits per heavy atom. The van der Waals surface area contributed by atoms with Gasteiger partial charge >= 0.3 is 17.1 Å². The normalized spacial score (nSPS) is 11.9. The molecular formula is C56H53N13O14. The second-order valence-electron chi connectivity index (χ2n) is 16.5. The standard InChI is InChI=1S/C14H12N4O4.C14H13NO2.2C12H8N4O4.2C2H6/c1-2-21-10-5-3-9(4-6-10)15-11-7-8-12(18(19)20)14-13(11)16-22-17-14;1-11-5-7-13(8-6-11)14-4-2-3-12(14)9-10-15(16)17;17-8-3-1-7(2-4-8)13-9-5-6-10(16(18)19)12-11(9)14-20-15-12;17-10-4-2-1-3-7(10)13-8-5-6-9(16(18)19)12-11(8)14-20-15-12;2*1-2/h3-8,15H,2H2,1H3;2-10,14H,1H3;2*1-6,13,17H;2*1-2H3/b;10-9+;;;;. The lowest BCUT2D eigenvalue weighted by Gasteiger charge is -2.10. The van der Waals surface area contributed by atoms with Crippen molar-refractivity contribution in [3.05, 3.63) is 221 Å². The van der Waals surface area contributed by atoms with Crippen molar-refractivity contribution in [2.45, 2.75) is 47.5 Å². The van der Waals surface area contributed by atoms with Crippen LogP contribution in [-0.2, 0) is 0 Å². The molecule has 0 bridgehead atoms. The van der Waals surface area contributed by atoms with Gasteiger partial charge in [0.05, 0.1) is 49.0 Å². The third-order valence-electron chi connectivity index (χ3n) is 11.3. The van der Waals surface area contributed by atoms with Crippen molar-refractivity contribution in [2.24, 2.45) is 0 Å². The Hall–Kier alpha value is -11.6. The summed E-state index contributed by atoms with van der Waals surface area (Å²) in [6.45, 7) is 12.6. The summed E-state index contributed by atoms with van der Waals surface area (Å²) in [6.07, 6.45) is 8.43. The van der Waals surface area contributed by atoms with Gasteiger partial charge in [-0.1, -0.05) is 87.9 Å². The number of allylic oxidation sites excluding steroid dienone is 5. The number of anilines is 6. The SMILES string of the molecule is CC.CC.CCOc1ccc(Nc2ccc([N+](=O)[O-])c3nonc23)cc1.Cc1ccc(C2C=CC=C2/C=C/[N+](=O)[O-])cc1.O=[N+]([O-])c1ccc(Nc2ccc(O)cc2)c2nonc12.O=[N+]([O-])c1ccc(Nc2ccccc2O)c2nonc12. The van der Waals surface area contributed by atoms with Gasteiger partial charge in [-0.3, -0.25) is 40.5 Å². The zero-order valence-corrected chi connectivity index (χ0v) is 45.1. The number of phenolic OH excluding ortho intramolecular Hbond substituents is 2. The summed E-state index contributed by atoms with van der Waals surface area (Å²) in [5, 5.41) is 92.7. The number of hydrogen-bond donors (Lipinski definition) is 5. The first-order chi connectivity index (χ1) is 40.2. The predicted molar refractivity (Wildman–Crippen MR) is 309 cm³/mol. The number of phenols is 2. The van der Waals surface area contributed by atoms with Gasteiger partial charge in [-0.15, -0.1) is 0 Å². The highest BCUT2D eigenvalue weighted by atomic mass is 16.6. The molecule has 7 aromatic carbocycles. The van der Waals surface area contributed by atoms with Crippen molar-refractivity contribution >= 4 is 84.3 Å². The van der Waals surface area contributed by atoms with Crippen molar-refractivity contribution in [2.75, 3.05) is 22.6 Å². The van der Waals surface area contributed by atoms with Crippen molar-refractivity contribution in [3.8, 4) is 17.2 Å². The van der Waals surface area contributed by atoms with Gasteiger partial charge in [0, 0.05) is 41.6 Å². The second-order valence-corrected chi connectivity index (χ2v) is 16.5. The first-order valence-electron chi connectivity index (χ1n) is 25.2. The number of fused-ring (bicyclic) bond motifs is 3. The van der Waals surface area contributed by atoms with Crippen LogP contribution < -0.4 is 20.7 Å². The third kappa shape index (κ3) is 15.8. The van der Waals surface area contributed by atoms with Gasteiger partial charge in [-0.25, -0.2) is 13.9 Å². The molecule has 5 N–H and O–H groups in total. The third-order valence-corrected chi connectivity index (χ3v) is 11.3. The fourth-order valence-electron chi connectivity index (χ4n) is 7.56. The van der Waals surface area contributed by atoms with Gasteiger partial charge in [0.1, 0.15) is 17.2 Å². The van der Waals surface area contributed by atoms with E-state index in [1.165, 1.54) is 54.1 Å². The Kier molecular flexibility index (Phi) is 21.4. The van der Waals surface area contributed by atoms with Crippen LogP contribution in [0.5, 0.6) is 17.2 Å². The zero-order valence-electron chi connectivity index (χ0n) is 45.1. The van der Waals surface area contributed by atoms with Crippen LogP contribution >= 0.6 is 0 Å². The smallest absolute Gasteiger partial charge is 0.300 e. The second kappa shape index (κ2) is 29.4. The minimum atomic E-state index is -0.559. The van der Waals surface area contributed by atoms with E-state index in [2.05, 4.69) is 85.0 Å². The van der Waals surface area contributed by atoms with Crippen molar-refractivity contribution in [1.29, 1.82) is 0 Å². The molecule has 1 aliphatic carbocycles. The van der Waals surface area contributed by atoms with Crippen LogP contribution in [0.15, 0.2) is 183 Å². The van der Waals surface area contributed by atoms with E-state index in [-0.39, 0.29) is 62.1 Å². The van der Waals surface area contributed by atoms with Crippen LogP contribution in [0, 0.1) is 47.4 Å². The van der Waals surface area contributed by atoms with Crippen LogP contribution in [0.3, 0.4) is 0 Å². The highest BCUT2D eigenvalue weighted by Crippen LogP contribution is 2.36. The molecule has 0 saturated carbocycles. The number of aromatic hydroxyl groups is 2. The molecule has 0 spiro atoms. The maximum atomic E-state index is 10.9. The minimum Gasteiger partial charge on any atom is -0.508 e. The number of rotatable bonds is 14. The molecule has 1 unspecified atom stereocenters. The highest BCUT2D eigenvalue weighted by molar-refractivity contribution is 5.97. The molecule has 27 nitrogen and oxygen atoms in total. The molecule has 0 aliphatic heterocycles. The maximum absolute atomic E-state index is 10.9. The molecule has 11 rings (SSSR count). The van der Waals surface area contributed by atoms with Crippen molar-refractivity contribution < 1.29 is 48.5 Å². The number of nitrogens with zero attached hydrogens (tertiary/aromatic N) is 10. The molecule has 83 heavy (non-hydrogen) atoms. The predicted octanol–water partition coefficient (Wildman–Crippen LogP) is 13.9. The van der Waals surface area contributed by atoms with Gasteiger partial charge in [-0.05, 0) is 135 Å². The molecule has 0 fully saturated rings. The fraction of sp³-hybridized carbons (Fsp3) is 0.143. The molecule has 426 valence electrons. The Morgan fingerprint density at radius 2 is 0.976 bits per heavy atom. The monoisotopic (exact) mass is 1130 g/mol. The van der Waals surface area contributed by atoms with Crippen LogP contribution in [0.2, 0.25) is 0 Å². The number of para-hydroxylation sites is 2. The Bertz CT molecular complexity index is 3920. The van der Waals surface area contributed by atoms with Crippen molar-refractivity contribution in [1.82, 2.24) is 30.9 Å². The summed E-state index contributed by atoms with van der Waals surface area (Å²) >= 11 is 0. The van der Waals surface area contributed by atoms with Gasteiger partial charge in [0.25, 0.3) is 0 Å². The zero-order chi connectivity index (χ0) is 60.0. The van der Waals surface area contributed by atoms with Gasteiger partial charge < -0.3 is 30.9 Å². The number of aryl methyl sites for hydroxylation is 1. The lowest BCUT2D eigenvalue weighted by molar-refractivity contribution is -0.402. The maximum Gasteiger partial charge on any atom is 0.300 e. The fourth-order valence-corrected chi connectivity index (χ4v) is 7.56. The number of ether oxygens (including phenoxy) is 1. The van der Waals surface area contributed by atoms with Crippen molar-refractivity contribution in [3.63, 3.8) is 0 Å². The summed E-state index contributed by atoms with van der Waals surface area (Å²) in [5.41, 5.74) is 7.35. The number of benzene rings is 7. The summed E-state index contributed by atoms with van der Waals surface area (Å²) in [5.74, 6) is 1.10. The molecular weight excluding hydrogens is 1080 g/mol. The Labute approximate surface area is 470 Å². The molecule has 0 saturated heterocycles. The summed E-state index contributed by atoms with van der Waals surface area (Å²) in [6, 6.07) is 37.1. The largest absolute Gasteiger partial charge is 0.508 e. The van der Waals surface area contributed by atoms with Crippen LogP contribution in [-0.4, -0.2) is 67.5 Å². The average Bonchev–Trinajstić information content (AvgIpc) is 4.45. The number of nitrogens with one attached hydrogen (secondary N) is 3. The summed E-state index contributed by atoms with van der Waals surface area (Å²) < 4.78 is 19.1. The number of hydrogen-bond acceptors (Lipinski definition) is 23. The molecule has 27 heteroatoms. The molecule has 1 aliphatic rings. The topological polar surface area (TPSA) is 375 Å². The molecule has 10 aromatic rings. The first kappa shape index (κ1) is 60.6. The highest BCUT2D eigenvalue weighted by Gasteiger charge is 2.23. The van der Waals surface area contributed by atoms with E-state index in [1.54, 1.807) is 42.5 Å². The van der Waals surface area contributed by atoms with Crippen LogP contribution in [0.25, 0.3) is 33.1 Å².